The van der Waals surface area contributed by atoms with Gasteiger partial charge in [-0.05, 0) is 46.5 Å². The van der Waals surface area contributed by atoms with E-state index in [1.807, 2.05) is 25.7 Å². The summed E-state index contributed by atoms with van der Waals surface area (Å²) in [5.74, 6) is 0.331. The molecule has 0 aromatic carbocycles. The fourth-order valence-corrected chi connectivity index (χ4v) is 2.91. The Bertz CT molecular complexity index is 577. The summed E-state index contributed by atoms with van der Waals surface area (Å²) in [7, 11) is 1.81. The number of carbonyl (C=O) groups excluding carboxylic acids is 2. The van der Waals surface area contributed by atoms with E-state index in [9.17, 15) is 9.59 Å². The van der Waals surface area contributed by atoms with Crippen LogP contribution in [0.15, 0.2) is 12.3 Å². The largest absolute Gasteiger partial charge is 0.460 e. The number of amides is 2. The minimum absolute atomic E-state index is 0.0648. The lowest BCUT2D eigenvalue weighted by atomic mass is 9.98. The average molecular weight is 336 g/mol. The molecule has 1 aliphatic heterocycles. The van der Waals surface area contributed by atoms with E-state index in [0.29, 0.717) is 25.2 Å². The maximum Gasteiger partial charge on any atom is 0.323 e. The highest BCUT2D eigenvalue weighted by atomic mass is 16.6. The number of urea groups is 1. The number of aryl methyl sites for hydroxylation is 1. The molecule has 1 fully saturated rings. The Morgan fingerprint density at radius 1 is 1.38 bits per heavy atom. The van der Waals surface area contributed by atoms with E-state index < -0.39 is 5.60 Å². The molecule has 7 nitrogen and oxygen atoms in total. The lowest BCUT2D eigenvalue weighted by Gasteiger charge is -2.35. The van der Waals surface area contributed by atoms with Gasteiger partial charge in [0.05, 0.1) is 0 Å². The third-order valence-electron chi connectivity index (χ3n) is 3.94. The summed E-state index contributed by atoms with van der Waals surface area (Å²) in [5.41, 5.74) is -0.473. The number of rotatable bonds is 4. The number of ether oxygens (including phenoxy) is 1. The molecule has 1 N–H and O–H groups in total. The predicted molar refractivity (Wildman–Crippen MR) is 91.7 cm³/mol. The molecule has 1 saturated heterocycles. The van der Waals surface area contributed by atoms with Gasteiger partial charge in [-0.3, -0.25) is 14.8 Å². The number of piperidine rings is 1. The van der Waals surface area contributed by atoms with Crippen molar-refractivity contribution < 1.29 is 14.3 Å². The lowest BCUT2D eigenvalue weighted by molar-refractivity contribution is -0.155. The number of carbonyl (C=O) groups is 2. The number of hydrogen-bond donors (Lipinski definition) is 1. The molecule has 2 amide bonds. The fraction of sp³-hybridized carbons (Fsp3) is 0.706. The summed E-state index contributed by atoms with van der Waals surface area (Å²) >= 11 is 0. The van der Waals surface area contributed by atoms with Gasteiger partial charge in [0, 0.05) is 38.3 Å². The summed E-state index contributed by atoms with van der Waals surface area (Å²) in [6, 6.07) is 1.68. The molecular formula is C17H28N4O3. The van der Waals surface area contributed by atoms with Crippen LogP contribution in [0.3, 0.4) is 0 Å². The second-order valence-electron chi connectivity index (χ2n) is 7.27. The SMILES string of the molecule is Cn1ccc(NC(=O)N2CCCC[C@H]2CCC(=O)OC(C)(C)C)n1. The van der Waals surface area contributed by atoms with Gasteiger partial charge in [-0.15, -0.1) is 0 Å². The van der Waals surface area contributed by atoms with Gasteiger partial charge < -0.3 is 9.64 Å². The van der Waals surface area contributed by atoms with Crippen LogP contribution in [0.4, 0.5) is 10.6 Å². The normalized spacial score (nSPS) is 18.3. The number of nitrogens with zero attached hydrogens (tertiary/aromatic N) is 3. The lowest BCUT2D eigenvalue weighted by Crippen LogP contribution is -2.46. The Morgan fingerprint density at radius 2 is 2.12 bits per heavy atom. The summed E-state index contributed by atoms with van der Waals surface area (Å²) in [6.45, 7) is 6.28. The van der Waals surface area contributed by atoms with Crippen molar-refractivity contribution in [2.45, 2.75) is 64.5 Å². The first kappa shape index (κ1) is 18.3. The van der Waals surface area contributed by atoms with Crippen molar-refractivity contribution in [3.05, 3.63) is 12.3 Å². The van der Waals surface area contributed by atoms with Gasteiger partial charge in [0.25, 0.3) is 0 Å². The van der Waals surface area contributed by atoms with E-state index in [0.717, 1.165) is 19.3 Å². The zero-order chi connectivity index (χ0) is 17.7. The van der Waals surface area contributed by atoms with E-state index in [1.165, 1.54) is 0 Å². The molecule has 1 aromatic heterocycles. The minimum Gasteiger partial charge on any atom is -0.460 e. The molecule has 0 spiro atoms. The molecule has 7 heteroatoms. The van der Waals surface area contributed by atoms with E-state index in [4.69, 9.17) is 4.74 Å². The molecule has 2 heterocycles. The van der Waals surface area contributed by atoms with Crippen molar-refractivity contribution in [3.8, 4) is 0 Å². The van der Waals surface area contributed by atoms with E-state index >= 15 is 0 Å². The first-order valence-electron chi connectivity index (χ1n) is 8.54. The van der Waals surface area contributed by atoms with Crippen molar-refractivity contribution in [2.24, 2.45) is 7.05 Å². The highest BCUT2D eigenvalue weighted by molar-refractivity contribution is 5.88. The zero-order valence-corrected chi connectivity index (χ0v) is 15.0. The van der Waals surface area contributed by atoms with Gasteiger partial charge in [0.1, 0.15) is 5.60 Å². The topological polar surface area (TPSA) is 76.5 Å². The van der Waals surface area contributed by atoms with E-state index in [1.54, 1.807) is 24.0 Å². The quantitative estimate of drug-likeness (QED) is 0.858. The van der Waals surface area contributed by atoms with Crippen LogP contribution in [0.2, 0.25) is 0 Å². The highest BCUT2D eigenvalue weighted by Gasteiger charge is 2.28. The Labute approximate surface area is 143 Å². The minimum atomic E-state index is -0.473. The number of nitrogens with one attached hydrogen (secondary N) is 1. The number of hydrogen-bond acceptors (Lipinski definition) is 4. The fourth-order valence-electron chi connectivity index (χ4n) is 2.91. The Balaban J connectivity index is 1.89. The van der Waals surface area contributed by atoms with Crippen molar-refractivity contribution in [3.63, 3.8) is 0 Å². The Morgan fingerprint density at radius 3 is 2.75 bits per heavy atom. The van der Waals surface area contributed by atoms with Crippen molar-refractivity contribution in [1.82, 2.24) is 14.7 Å². The van der Waals surface area contributed by atoms with Gasteiger partial charge >= 0.3 is 12.0 Å². The molecule has 1 atom stereocenters. The first-order chi connectivity index (χ1) is 11.2. The molecule has 1 aromatic rings. The van der Waals surface area contributed by atoms with Gasteiger partial charge in [0.15, 0.2) is 5.82 Å². The molecule has 0 saturated carbocycles. The van der Waals surface area contributed by atoms with E-state index in [2.05, 4.69) is 10.4 Å². The van der Waals surface area contributed by atoms with Crippen LogP contribution < -0.4 is 5.32 Å². The molecular weight excluding hydrogens is 308 g/mol. The van der Waals surface area contributed by atoms with Gasteiger partial charge in [-0.2, -0.15) is 5.10 Å². The summed E-state index contributed by atoms with van der Waals surface area (Å²) in [5, 5.41) is 7.00. The molecule has 0 unspecified atom stereocenters. The van der Waals surface area contributed by atoms with Crippen molar-refractivity contribution in [1.29, 1.82) is 0 Å². The Kier molecular flexibility index (Phi) is 5.85. The third kappa shape index (κ3) is 5.54. The number of aromatic nitrogens is 2. The summed E-state index contributed by atoms with van der Waals surface area (Å²) in [6.07, 6.45) is 5.72. The second kappa shape index (κ2) is 7.68. The van der Waals surface area contributed by atoms with Crippen LogP contribution in [0, 0.1) is 0 Å². The molecule has 0 bridgehead atoms. The second-order valence-corrected chi connectivity index (χ2v) is 7.27. The Hall–Kier alpha value is -2.05. The van der Waals surface area contributed by atoms with Gasteiger partial charge in [-0.25, -0.2) is 4.79 Å². The predicted octanol–water partition coefficient (Wildman–Crippen LogP) is 2.93. The van der Waals surface area contributed by atoms with Gasteiger partial charge in [0.2, 0.25) is 0 Å². The third-order valence-corrected chi connectivity index (χ3v) is 3.94. The standard InChI is InChI=1S/C17H28N4O3/c1-17(2,3)24-15(22)9-8-13-7-5-6-11-21(13)16(23)18-14-10-12-20(4)19-14/h10,12-13H,5-9,11H2,1-4H3,(H,18,19,23)/t13-/m0/s1. The average Bonchev–Trinajstić information content (AvgIpc) is 2.89. The molecule has 1 aliphatic rings. The van der Waals surface area contributed by atoms with Crippen LogP contribution in [-0.2, 0) is 16.6 Å². The smallest absolute Gasteiger partial charge is 0.323 e. The van der Waals surface area contributed by atoms with Gasteiger partial charge in [-0.1, -0.05) is 0 Å². The molecule has 0 aliphatic carbocycles. The van der Waals surface area contributed by atoms with Crippen molar-refractivity contribution >= 4 is 17.8 Å². The summed E-state index contributed by atoms with van der Waals surface area (Å²) in [4.78, 5) is 26.2. The number of anilines is 1. The maximum absolute atomic E-state index is 12.5. The maximum atomic E-state index is 12.5. The zero-order valence-electron chi connectivity index (χ0n) is 15.0. The van der Waals surface area contributed by atoms with Crippen LogP contribution in [0.25, 0.3) is 0 Å². The first-order valence-corrected chi connectivity index (χ1v) is 8.54. The highest BCUT2D eigenvalue weighted by Crippen LogP contribution is 2.22. The monoisotopic (exact) mass is 336 g/mol. The molecule has 24 heavy (non-hydrogen) atoms. The van der Waals surface area contributed by atoms with Crippen molar-refractivity contribution in [2.75, 3.05) is 11.9 Å². The van der Waals surface area contributed by atoms with Crippen LogP contribution >= 0.6 is 0 Å². The van der Waals surface area contributed by atoms with Crippen LogP contribution in [-0.4, -0.2) is 44.9 Å². The molecule has 134 valence electrons. The molecule has 2 rings (SSSR count). The number of esters is 1. The number of likely N-dealkylation sites (tertiary alicyclic amines) is 1. The van der Waals surface area contributed by atoms with Crippen LogP contribution in [0.1, 0.15) is 52.9 Å². The van der Waals surface area contributed by atoms with E-state index in [-0.39, 0.29) is 18.0 Å². The summed E-state index contributed by atoms with van der Waals surface area (Å²) < 4.78 is 7.00. The van der Waals surface area contributed by atoms with Crippen LogP contribution in [0.5, 0.6) is 0 Å². The molecule has 0 radical (unpaired) electrons.